The first-order chi connectivity index (χ1) is 15.8. The lowest BCUT2D eigenvalue weighted by atomic mass is 9.77. The number of nitrogens with two attached hydrogens (primary N) is 1. The van der Waals surface area contributed by atoms with E-state index in [0.717, 1.165) is 25.1 Å². The smallest absolute Gasteiger partial charge is 0.417 e. The standard InChI is InChI=1S/C22H22F5N3O4/c1-4-33-17-12(5-6-13(23)16(17)24)15-10(2)21(3,22(25,26)27)34-18(15)20(32)30-11-7-8-29-14(9-11)19(28)31/h5-10,15,18H,4H2,1-3H3,(H2,28,31)(H,29,30,32)/t10-,15?,18?,21+/m0/s1. The van der Waals surface area contributed by atoms with Gasteiger partial charge in [0.15, 0.2) is 17.2 Å². The Morgan fingerprint density at radius 1 is 1.26 bits per heavy atom. The average Bonchev–Trinajstić information content (AvgIpc) is 3.04. The van der Waals surface area contributed by atoms with E-state index in [1.807, 2.05) is 0 Å². The number of rotatable bonds is 6. The highest BCUT2D eigenvalue weighted by Crippen LogP contribution is 2.55. The number of primary amides is 1. The van der Waals surface area contributed by atoms with Gasteiger partial charge in [0.2, 0.25) is 5.82 Å². The molecule has 1 aromatic carbocycles. The Hall–Kier alpha value is -3.28. The highest BCUT2D eigenvalue weighted by molar-refractivity contribution is 5.97. The number of anilines is 1. The molecule has 12 heteroatoms. The van der Waals surface area contributed by atoms with E-state index < -0.39 is 58.9 Å². The van der Waals surface area contributed by atoms with Gasteiger partial charge in [0.1, 0.15) is 11.8 Å². The van der Waals surface area contributed by atoms with Crippen molar-refractivity contribution in [3.8, 4) is 5.75 Å². The van der Waals surface area contributed by atoms with E-state index in [-0.39, 0.29) is 23.6 Å². The van der Waals surface area contributed by atoms with Crippen LogP contribution in [0.1, 0.15) is 42.7 Å². The van der Waals surface area contributed by atoms with Gasteiger partial charge in [0.05, 0.1) is 6.61 Å². The molecule has 2 heterocycles. The summed E-state index contributed by atoms with van der Waals surface area (Å²) < 4.78 is 80.9. The molecule has 1 aromatic heterocycles. The molecule has 2 unspecified atom stereocenters. The van der Waals surface area contributed by atoms with Gasteiger partial charge >= 0.3 is 6.18 Å². The zero-order valence-corrected chi connectivity index (χ0v) is 18.4. The molecule has 0 aliphatic carbocycles. The summed E-state index contributed by atoms with van der Waals surface area (Å²) in [4.78, 5) is 28.2. The zero-order chi connectivity index (χ0) is 25.4. The average molecular weight is 487 g/mol. The summed E-state index contributed by atoms with van der Waals surface area (Å²) in [6.45, 7) is 3.39. The quantitative estimate of drug-likeness (QED) is 0.601. The fraction of sp³-hybridized carbons (Fsp3) is 0.409. The number of nitrogens with zero attached hydrogens (tertiary/aromatic N) is 1. The fourth-order valence-corrected chi connectivity index (χ4v) is 3.98. The maximum Gasteiger partial charge on any atom is 0.417 e. The molecule has 3 N–H and O–H groups in total. The number of carbonyl (C=O) groups is 2. The van der Waals surface area contributed by atoms with Gasteiger partial charge < -0.3 is 20.5 Å². The van der Waals surface area contributed by atoms with Crippen LogP contribution in [0.5, 0.6) is 5.75 Å². The summed E-state index contributed by atoms with van der Waals surface area (Å²) >= 11 is 0. The Bertz CT molecular complexity index is 1110. The summed E-state index contributed by atoms with van der Waals surface area (Å²) in [7, 11) is 0. The van der Waals surface area contributed by atoms with Crippen LogP contribution >= 0.6 is 0 Å². The predicted molar refractivity (Wildman–Crippen MR) is 110 cm³/mol. The van der Waals surface area contributed by atoms with Crippen molar-refractivity contribution in [2.45, 2.75) is 44.6 Å². The second-order valence-corrected chi connectivity index (χ2v) is 7.95. The van der Waals surface area contributed by atoms with Crippen LogP contribution in [0, 0.1) is 17.6 Å². The number of alkyl halides is 3. The number of hydrogen-bond acceptors (Lipinski definition) is 5. The monoisotopic (exact) mass is 487 g/mol. The van der Waals surface area contributed by atoms with E-state index in [1.165, 1.54) is 26.1 Å². The van der Waals surface area contributed by atoms with E-state index >= 15 is 0 Å². The number of benzene rings is 1. The van der Waals surface area contributed by atoms with Gasteiger partial charge in [-0.25, -0.2) is 4.39 Å². The summed E-state index contributed by atoms with van der Waals surface area (Å²) in [6, 6.07) is 4.26. The molecule has 184 valence electrons. The van der Waals surface area contributed by atoms with E-state index in [2.05, 4.69) is 10.3 Å². The molecule has 2 amide bonds. The largest absolute Gasteiger partial charge is 0.490 e. The summed E-state index contributed by atoms with van der Waals surface area (Å²) in [5.74, 6) is -7.87. The van der Waals surface area contributed by atoms with Crippen LogP contribution < -0.4 is 15.8 Å². The third-order valence-electron chi connectivity index (χ3n) is 5.93. The van der Waals surface area contributed by atoms with E-state index in [0.29, 0.717) is 0 Å². The molecule has 0 radical (unpaired) electrons. The number of hydrogen-bond donors (Lipinski definition) is 2. The van der Waals surface area contributed by atoms with Gasteiger partial charge in [-0.1, -0.05) is 13.0 Å². The molecule has 1 aliphatic heterocycles. The highest BCUT2D eigenvalue weighted by atomic mass is 19.4. The van der Waals surface area contributed by atoms with Crippen LogP contribution in [-0.4, -0.2) is 41.3 Å². The molecular weight excluding hydrogens is 465 g/mol. The number of nitrogens with one attached hydrogen (secondary N) is 1. The van der Waals surface area contributed by atoms with Crippen molar-refractivity contribution in [2.24, 2.45) is 11.7 Å². The van der Waals surface area contributed by atoms with Crippen molar-refractivity contribution < 1.29 is 41.0 Å². The molecule has 1 aliphatic rings. The second kappa shape index (κ2) is 9.16. The number of carbonyl (C=O) groups excluding carboxylic acids is 2. The lowest BCUT2D eigenvalue weighted by Gasteiger charge is -2.32. The molecule has 34 heavy (non-hydrogen) atoms. The van der Waals surface area contributed by atoms with Crippen LogP contribution in [0.4, 0.5) is 27.6 Å². The number of amides is 2. The van der Waals surface area contributed by atoms with Gasteiger partial charge in [0.25, 0.3) is 11.8 Å². The summed E-state index contributed by atoms with van der Waals surface area (Å²) in [5, 5.41) is 2.38. The van der Waals surface area contributed by atoms with Crippen LogP contribution in [-0.2, 0) is 9.53 Å². The van der Waals surface area contributed by atoms with E-state index in [1.54, 1.807) is 0 Å². The third-order valence-corrected chi connectivity index (χ3v) is 5.93. The number of pyridine rings is 1. The second-order valence-electron chi connectivity index (χ2n) is 7.95. The molecular formula is C22H22F5N3O4. The molecule has 0 bridgehead atoms. The zero-order valence-electron chi connectivity index (χ0n) is 18.4. The van der Waals surface area contributed by atoms with E-state index in [4.69, 9.17) is 15.2 Å². The van der Waals surface area contributed by atoms with Crippen molar-refractivity contribution in [3.05, 3.63) is 53.4 Å². The first kappa shape index (κ1) is 25.3. The Kier molecular flexibility index (Phi) is 6.83. The molecule has 2 aromatic rings. The van der Waals surface area contributed by atoms with Gasteiger partial charge in [0, 0.05) is 29.3 Å². The maximum atomic E-state index is 14.5. The molecule has 3 rings (SSSR count). The Morgan fingerprint density at radius 3 is 2.53 bits per heavy atom. The van der Waals surface area contributed by atoms with Crippen molar-refractivity contribution in [3.63, 3.8) is 0 Å². The molecule has 0 saturated carbocycles. The normalized spacial score (nSPS) is 24.6. The first-order valence-electron chi connectivity index (χ1n) is 10.2. The lowest BCUT2D eigenvalue weighted by molar-refractivity contribution is -0.272. The van der Waals surface area contributed by atoms with Gasteiger partial charge in [-0.2, -0.15) is 17.6 Å². The molecule has 1 saturated heterocycles. The van der Waals surface area contributed by atoms with Gasteiger partial charge in [-0.3, -0.25) is 14.6 Å². The molecule has 4 atom stereocenters. The number of aromatic nitrogens is 1. The Balaban J connectivity index is 2.09. The first-order valence-corrected chi connectivity index (χ1v) is 10.2. The maximum absolute atomic E-state index is 14.5. The van der Waals surface area contributed by atoms with Crippen LogP contribution in [0.3, 0.4) is 0 Å². The van der Waals surface area contributed by atoms with Crippen molar-refractivity contribution in [1.29, 1.82) is 0 Å². The fourth-order valence-electron chi connectivity index (χ4n) is 3.98. The minimum atomic E-state index is -4.89. The van der Waals surface area contributed by atoms with Crippen molar-refractivity contribution >= 4 is 17.5 Å². The predicted octanol–water partition coefficient (Wildman–Crippen LogP) is 3.94. The summed E-state index contributed by atoms with van der Waals surface area (Å²) in [6.07, 6.45) is -5.48. The van der Waals surface area contributed by atoms with Crippen LogP contribution in [0.15, 0.2) is 30.5 Å². The van der Waals surface area contributed by atoms with Crippen molar-refractivity contribution in [1.82, 2.24) is 4.98 Å². The molecule has 1 fully saturated rings. The lowest BCUT2D eigenvalue weighted by Crippen LogP contribution is -2.47. The van der Waals surface area contributed by atoms with Crippen LogP contribution in [0.2, 0.25) is 0 Å². The SMILES string of the molecule is CCOc1c(C2C(C(=O)Nc3ccnc(C(N)=O)c3)O[C@@](C)(C(F)(F)F)[C@H]2C)ccc(F)c1F. The third kappa shape index (κ3) is 4.41. The molecule has 7 nitrogen and oxygen atoms in total. The Labute approximate surface area is 191 Å². The van der Waals surface area contributed by atoms with Gasteiger partial charge in [-0.15, -0.1) is 0 Å². The Morgan fingerprint density at radius 2 is 1.94 bits per heavy atom. The van der Waals surface area contributed by atoms with Crippen LogP contribution in [0.25, 0.3) is 0 Å². The van der Waals surface area contributed by atoms with Gasteiger partial charge in [-0.05, 0) is 32.0 Å². The van der Waals surface area contributed by atoms with E-state index in [9.17, 15) is 31.5 Å². The molecule has 0 spiro atoms. The number of halogens is 5. The minimum absolute atomic E-state index is 0.0275. The highest BCUT2D eigenvalue weighted by Gasteiger charge is 2.65. The minimum Gasteiger partial charge on any atom is -0.490 e. The summed E-state index contributed by atoms with van der Waals surface area (Å²) in [5.41, 5.74) is 2.07. The topological polar surface area (TPSA) is 104 Å². The van der Waals surface area contributed by atoms with Crippen molar-refractivity contribution in [2.75, 3.05) is 11.9 Å². The number of ether oxygens (including phenoxy) is 2.